The van der Waals surface area contributed by atoms with Crippen molar-refractivity contribution in [2.45, 2.75) is 31.8 Å². The van der Waals surface area contributed by atoms with Crippen LogP contribution < -0.4 is 5.73 Å². The minimum atomic E-state index is 0.0313. The first-order chi connectivity index (χ1) is 7.50. The van der Waals surface area contributed by atoms with Crippen molar-refractivity contribution in [3.8, 4) is 0 Å². The van der Waals surface area contributed by atoms with Crippen LogP contribution in [0.25, 0.3) is 0 Å². The van der Waals surface area contributed by atoms with Crippen LogP contribution in [0.15, 0.2) is 18.3 Å². The van der Waals surface area contributed by atoms with E-state index in [1.807, 2.05) is 23.9 Å². The van der Waals surface area contributed by atoms with Crippen molar-refractivity contribution < 1.29 is 0 Å². The molecule has 1 aromatic heterocycles. The maximum absolute atomic E-state index is 7.33. The predicted octanol–water partition coefficient (Wildman–Crippen LogP) is 2.64. The summed E-state index contributed by atoms with van der Waals surface area (Å²) in [6.45, 7) is 6.69. The van der Waals surface area contributed by atoms with Gasteiger partial charge in [0.15, 0.2) is 0 Å². The van der Waals surface area contributed by atoms with Gasteiger partial charge in [-0.3, -0.25) is 10.4 Å². The van der Waals surface area contributed by atoms with Crippen LogP contribution in [0, 0.1) is 11.3 Å². The predicted molar refractivity (Wildman–Crippen MR) is 70.8 cm³/mol. The summed E-state index contributed by atoms with van der Waals surface area (Å²) in [6, 6.07) is 3.87. The van der Waals surface area contributed by atoms with Gasteiger partial charge in [-0.2, -0.15) is 11.8 Å². The van der Waals surface area contributed by atoms with Crippen LogP contribution >= 0.6 is 11.8 Å². The van der Waals surface area contributed by atoms with Crippen molar-refractivity contribution in [3.63, 3.8) is 0 Å². The molecule has 4 heteroatoms. The van der Waals surface area contributed by atoms with Gasteiger partial charge in [0.05, 0.1) is 0 Å². The normalized spacial score (nSPS) is 12.8. The Bertz CT molecular complexity index is 363. The van der Waals surface area contributed by atoms with Crippen LogP contribution in [-0.2, 0) is 5.75 Å². The summed E-state index contributed by atoms with van der Waals surface area (Å²) in [6.07, 6.45) is 1.71. The Kier molecular flexibility index (Phi) is 4.80. The first-order valence-electron chi connectivity index (χ1n) is 5.41. The lowest BCUT2D eigenvalue weighted by molar-refractivity contribution is 0.642. The highest BCUT2D eigenvalue weighted by Crippen LogP contribution is 2.22. The van der Waals surface area contributed by atoms with E-state index in [1.54, 1.807) is 6.20 Å². The van der Waals surface area contributed by atoms with Gasteiger partial charge >= 0.3 is 0 Å². The zero-order valence-corrected chi connectivity index (χ0v) is 10.8. The van der Waals surface area contributed by atoms with Crippen LogP contribution in [0.2, 0.25) is 0 Å². The third-order valence-electron chi connectivity index (χ3n) is 2.55. The third-order valence-corrected chi connectivity index (χ3v) is 4.12. The molecule has 0 aliphatic heterocycles. The Morgan fingerprint density at radius 2 is 2.19 bits per heavy atom. The molecule has 88 valence electrons. The van der Waals surface area contributed by atoms with Crippen LogP contribution in [0.4, 0.5) is 0 Å². The molecule has 0 radical (unpaired) electrons. The zero-order valence-electron chi connectivity index (χ0n) is 10.0. The Morgan fingerprint density at radius 3 is 2.75 bits per heavy atom. The molecule has 16 heavy (non-hydrogen) atoms. The lowest BCUT2D eigenvalue weighted by Gasteiger charge is -2.14. The molecule has 1 unspecified atom stereocenters. The summed E-state index contributed by atoms with van der Waals surface area (Å²) in [4.78, 5) is 4.04. The molecule has 0 aromatic carbocycles. The standard InChI is InChI=1S/C12H19N3S/c1-8(2)9(3)16-7-10-4-5-15-11(6-10)12(13)14/h4-6,8-9H,7H2,1-3H3,(H3,13,14). The highest BCUT2D eigenvalue weighted by Gasteiger charge is 2.08. The number of nitrogens with two attached hydrogens (primary N) is 1. The van der Waals surface area contributed by atoms with Gasteiger partial charge in [-0.15, -0.1) is 0 Å². The number of hydrogen-bond donors (Lipinski definition) is 2. The van der Waals surface area contributed by atoms with Crippen molar-refractivity contribution in [1.82, 2.24) is 4.98 Å². The van der Waals surface area contributed by atoms with E-state index in [2.05, 4.69) is 25.8 Å². The Balaban J connectivity index is 2.61. The molecule has 0 aliphatic rings. The van der Waals surface area contributed by atoms with E-state index in [0.29, 0.717) is 16.9 Å². The smallest absolute Gasteiger partial charge is 0.141 e. The number of nitrogens with one attached hydrogen (secondary N) is 1. The van der Waals surface area contributed by atoms with E-state index in [4.69, 9.17) is 11.1 Å². The monoisotopic (exact) mass is 237 g/mol. The number of aromatic nitrogens is 1. The second-order valence-corrected chi connectivity index (χ2v) is 5.59. The Morgan fingerprint density at radius 1 is 1.50 bits per heavy atom. The van der Waals surface area contributed by atoms with E-state index in [1.165, 1.54) is 5.56 Å². The fourth-order valence-corrected chi connectivity index (χ4v) is 2.15. The maximum Gasteiger partial charge on any atom is 0.141 e. The minimum absolute atomic E-state index is 0.0313. The van der Waals surface area contributed by atoms with Crippen LogP contribution in [0.3, 0.4) is 0 Å². The van der Waals surface area contributed by atoms with E-state index >= 15 is 0 Å². The molecule has 3 N–H and O–H groups in total. The number of nitrogen functional groups attached to an aromatic ring is 1. The fraction of sp³-hybridized carbons (Fsp3) is 0.500. The molecule has 0 amide bonds. The number of pyridine rings is 1. The number of rotatable bonds is 5. The number of thioether (sulfide) groups is 1. The maximum atomic E-state index is 7.33. The Hall–Kier alpha value is -1.03. The molecule has 1 aromatic rings. The summed E-state index contributed by atoms with van der Waals surface area (Å²) >= 11 is 1.92. The van der Waals surface area contributed by atoms with Crippen molar-refractivity contribution in [1.29, 1.82) is 5.41 Å². The van der Waals surface area contributed by atoms with Crippen LogP contribution in [0.5, 0.6) is 0 Å². The average Bonchev–Trinajstić information content (AvgIpc) is 2.26. The molecule has 0 bridgehead atoms. The highest BCUT2D eigenvalue weighted by molar-refractivity contribution is 7.99. The van der Waals surface area contributed by atoms with E-state index in [9.17, 15) is 0 Å². The highest BCUT2D eigenvalue weighted by atomic mass is 32.2. The number of hydrogen-bond acceptors (Lipinski definition) is 3. The molecule has 0 saturated heterocycles. The fourth-order valence-electron chi connectivity index (χ4n) is 1.13. The van der Waals surface area contributed by atoms with Crippen LogP contribution in [-0.4, -0.2) is 16.1 Å². The van der Waals surface area contributed by atoms with Gasteiger partial charge in [0.25, 0.3) is 0 Å². The van der Waals surface area contributed by atoms with Crippen molar-refractivity contribution in [2.75, 3.05) is 0 Å². The molecule has 1 heterocycles. The minimum Gasteiger partial charge on any atom is -0.382 e. The molecule has 0 spiro atoms. The van der Waals surface area contributed by atoms with Crippen LogP contribution in [0.1, 0.15) is 32.0 Å². The third kappa shape index (κ3) is 3.85. The zero-order chi connectivity index (χ0) is 12.1. The first-order valence-corrected chi connectivity index (χ1v) is 6.46. The molecule has 3 nitrogen and oxygen atoms in total. The lowest BCUT2D eigenvalue weighted by atomic mass is 10.2. The average molecular weight is 237 g/mol. The molecular weight excluding hydrogens is 218 g/mol. The second-order valence-electron chi connectivity index (χ2n) is 4.22. The van der Waals surface area contributed by atoms with Crippen molar-refractivity contribution in [3.05, 3.63) is 29.6 Å². The first kappa shape index (κ1) is 13.0. The topological polar surface area (TPSA) is 62.8 Å². The molecule has 0 saturated carbocycles. The summed E-state index contributed by atoms with van der Waals surface area (Å²) < 4.78 is 0. The van der Waals surface area contributed by atoms with Crippen molar-refractivity contribution in [2.24, 2.45) is 11.7 Å². The lowest BCUT2D eigenvalue weighted by Crippen LogP contribution is -2.13. The van der Waals surface area contributed by atoms with Gasteiger partial charge in [0.2, 0.25) is 0 Å². The summed E-state index contributed by atoms with van der Waals surface area (Å²) in [5.74, 6) is 1.66. The summed E-state index contributed by atoms with van der Waals surface area (Å²) in [5.41, 5.74) is 7.14. The summed E-state index contributed by atoms with van der Waals surface area (Å²) in [5, 5.41) is 7.96. The van der Waals surface area contributed by atoms with Gasteiger partial charge in [-0.25, -0.2) is 0 Å². The van der Waals surface area contributed by atoms with Crippen molar-refractivity contribution >= 4 is 17.6 Å². The van der Waals surface area contributed by atoms with Gasteiger partial charge in [0, 0.05) is 17.2 Å². The molecular formula is C12H19N3S. The van der Waals surface area contributed by atoms with Gasteiger partial charge < -0.3 is 5.73 Å². The van der Waals surface area contributed by atoms with E-state index in [0.717, 1.165) is 5.75 Å². The number of nitrogens with zero attached hydrogens (tertiary/aromatic N) is 1. The van der Waals surface area contributed by atoms with Gasteiger partial charge in [-0.05, 0) is 23.6 Å². The molecule has 1 rings (SSSR count). The number of amidine groups is 1. The second kappa shape index (κ2) is 5.89. The molecule has 0 fully saturated rings. The van der Waals surface area contributed by atoms with E-state index < -0.39 is 0 Å². The SMILES string of the molecule is CC(C)C(C)SCc1ccnc(C(=N)N)c1. The molecule has 0 aliphatic carbocycles. The largest absolute Gasteiger partial charge is 0.382 e. The summed E-state index contributed by atoms with van der Waals surface area (Å²) in [7, 11) is 0. The quantitative estimate of drug-likeness (QED) is 0.611. The molecule has 1 atom stereocenters. The Labute approximate surface area is 101 Å². The van der Waals surface area contributed by atoms with Gasteiger partial charge in [0.1, 0.15) is 11.5 Å². The van der Waals surface area contributed by atoms with Gasteiger partial charge in [-0.1, -0.05) is 20.8 Å². The van der Waals surface area contributed by atoms with E-state index in [-0.39, 0.29) is 5.84 Å².